The molecule has 0 unspecified atom stereocenters. The van der Waals surface area contributed by atoms with E-state index in [1.807, 2.05) is 72.1 Å². The summed E-state index contributed by atoms with van der Waals surface area (Å²) >= 11 is 1.39. The minimum absolute atomic E-state index is 0.00238. The first-order valence-electron chi connectivity index (χ1n) is 18.5. The van der Waals surface area contributed by atoms with Crippen LogP contribution in [0.25, 0.3) is 11.1 Å². The second-order valence-corrected chi connectivity index (χ2v) is 14.6. The summed E-state index contributed by atoms with van der Waals surface area (Å²) in [6.45, 7) is 0.130. The Morgan fingerprint density at radius 1 is 0.702 bits per heavy atom. The summed E-state index contributed by atoms with van der Waals surface area (Å²) < 4.78 is 0. The molecule has 16 heteroatoms. The Morgan fingerprint density at radius 2 is 1.33 bits per heavy atom. The lowest BCUT2D eigenvalue weighted by Crippen LogP contribution is -2.58. The van der Waals surface area contributed by atoms with Crippen molar-refractivity contribution < 1.29 is 33.9 Å². The number of aliphatic carboxylic acids is 1. The number of anilines is 1. The average Bonchev–Trinajstić information content (AvgIpc) is 3.71. The van der Waals surface area contributed by atoms with Crippen molar-refractivity contribution in [3.05, 3.63) is 112 Å². The third-order valence-electron chi connectivity index (χ3n) is 9.22. The number of carboxylic acids is 1. The third-order valence-corrected chi connectivity index (χ3v) is 10.1. The molecule has 0 saturated carbocycles. The molecular formula is C41H46N8O7S. The van der Waals surface area contributed by atoms with Crippen molar-refractivity contribution in [2.75, 3.05) is 11.9 Å². The van der Waals surface area contributed by atoms with Gasteiger partial charge < -0.3 is 43.2 Å². The SMILES string of the molecule is NC(N)=NCCC[C@@H]1NC(=O)[C@H](Cc2ccc(-c3ccccc3)cc2)NC(=O)[C@@H](Cc2cccs2)NC(=O)CCC(=O)Nc2ccc(cc2)C[C@H](C(=O)O)NC1=O. The van der Waals surface area contributed by atoms with Crippen molar-refractivity contribution in [1.82, 2.24) is 21.3 Å². The number of nitrogens with zero attached hydrogens (tertiary/aromatic N) is 1. The molecule has 0 saturated heterocycles. The molecule has 6 rings (SSSR count). The van der Waals surface area contributed by atoms with Crippen LogP contribution in [0.4, 0.5) is 5.69 Å². The van der Waals surface area contributed by atoms with Crippen LogP contribution in [0.3, 0.4) is 0 Å². The largest absolute Gasteiger partial charge is 0.480 e. The first-order chi connectivity index (χ1) is 27.4. The number of amides is 5. The lowest BCUT2D eigenvalue weighted by molar-refractivity contribution is -0.142. The van der Waals surface area contributed by atoms with Crippen molar-refractivity contribution in [3.8, 4) is 11.1 Å². The maximum atomic E-state index is 14.3. The Labute approximate surface area is 333 Å². The summed E-state index contributed by atoms with van der Waals surface area (Å²) in [5.74, 6) is -4.59. The van der Waals surface area contributed by atoms with Crippen molar-refractivity contribution in [3.63, 3.8) is 0 Å². The Balaban J connectivity index is 1.48. The van der Waals surface area contributed by atoms with E-state index >= 15 is 0 Å². The fourth-order valence-corrected chi connectivity index (χ4v) is 6.97. The van der Waals surface area contributed by atoms with E-state index in [1.165, 1.54) is 11.3 Å². The Morgan fingerprint density at radius 3 is 1.98 bits per heavy atom. The smallest absolute Gasteiger partial charge is 0.326 e. The van der Waals surface area contributed by atoms with Crippen molar-refractivity contribution in [2.45, 2.75) is 69.1 Å². The highest BCUT2D eigenvalue weighted by Gasteiger charge is 2.32. The van der Waals surface area contributed by atoms with Gasteiger partial charge in [0, 0.05) is 49.2 Å². The van der Waals surface area contributed by atoms with Gasteiger partial charge in [-0.2, -0.15) is 0 Å². The highest BCUT2D eigenvalue weighted by molar-refractivity contribution is 7.09. The van der Waals surface area contributed by atoms with E-state index in [0.717, 1.165) is 16.0 Å². The van der Waals surface area contributed by atoms with E-state index in [0.29, 0.717) is 16.8 Å². The molecule has 57 heavy (non-hydrogen) atoms. The number of carboxylic acid groups (broad SMARTS) is 1. The van der Waals surface area contributed by atoms with Crippen LogP contribution in [0.5, 0.6) is 0 Å². The number of carbonyl (C=O) groups is 6. The first kappa shape index (κ1) is 41.6. The van der Waals surface area contributed by atoms with E-state index in [-0.39, 0.29) is 57.5 Å². The highest BCUT2D eigenvalue weighted by Crippen LogP contribution is 2.20. The number of hydrogen-bond donors (Lipinski definition) is 8. The van der Waals surface area contributed by atoms with E-state index in [4.69, 9.17) is 11.5 Å². The minimum Gasteiger partial charge on any atom is -0.480 e. The maximum absolute atomic E-state index is 14.3. The lowest BCUT2D eigenvalue weighted by atomic mass is 9.99. The summed E-state index contributed by atoms with van der Waals surface area (Å²) in [6, 6.07) is 22.2. The maximum Gasteiger partial charge on any atom is 0.326 e. The van der Waals surface area contributed by atoms with E-state index in [1.54, 1.807) is 24.3 Å². The van der Waals surface area contributed by atoms with Gasteiger partial charge in [0.2, 0.25) is 29.5 Å². The first-order valence-corrected chi connectivity index (χ1v) is 19.4. The van der Waals surface area contributed by atoms with Crippen LogP contribution in [0, 0.1) is 0 Å². The van der Waals surface area contributed by atoms with Gasteiger partial charge in [-0.05, 0) is 58.7 Å². The van der Waals surface area contributed by atoms with Crippen LogP contribution in [-0.2, 0) is 48.0 Å². The van der Waals surface area contributed by atoms with Gasteiger partial charge in [0.25, 0.3) is 0 Å². The zero-order chi connectivity index (χ0) is 40.7. The molecule has 10 N–H and O–H groups in total. The number of benzene rings is 3. The van der Waals surface area contributed by atoms with Crippen LogP contribution < -0.4 is 38.1 Å². The van der Waals surface area contributed by atoms with Crippen molar-refractivity contribution >= 4 is 58.5 Å². The summed E-state index contributed by atoms with van der Waals surface area (Å²) in [6.07, 6.45) is -0.114. The zero-order valence-corrected chi connectivity index (χ0v) is 31.9. The predicted molar refractivity (Wildman–Crippen MR) is 217 cm³/mol. The van der Waals surface area contributed by atoms with Crippen LogP contribution in [0.2, 0.25) is 0 Å². The van der Waals surface area contributed by atoms with Crippen LogP contribution in [-0.4, -0.2) is 77.3 Å². The summed E-state index contributed by atoms with van der Waals surface area (Å²) in [4.78, 5) is 85.3. The summed E-state index contributed by atoms with van der Waals surface area (Å²) in [5, 5.41) is 25.5. The number of aliphatic imine (C=N–C) groups is 1. The standard InChI is InChI=1S/C41H46N8O7S/c42-41(43)44-20-4-9-31-37(52)49-34(40(55)56)23-26-12-16-29(17-13-26)45-35(50)18-19-36(51)46-33(24-30-8-5-21-57-30)39(54)48-32(38(53)47-31)22-25-10-14-28(15-11-25)27-6-2-1-3-7-27/h1-3,5-8,10-17,21,31-34H,4,9,18-20,22-24H2,(H,45,50)(H,46,51)(H,47,53)(H,48,54)(H,49,52)(H,55,56)(H4,42,43,44)/t31-,32-,33+,34+/m0/s1. The molecule has 0 spiro atoms. The molecule has 4 aromatic rings. The molecule has 2 aliphatic rings. The van der Waals surface area contributed by atoms with Gasteiger partial charge in [-0.1, -0.05) is 72.8 Å². The second-order valence-electron chi connectivity index (χ2n) is 13.6. The lowest BCUT2D eigenvalue weighted by Gasteiger charge is -2.26. The van der Waals surface area contributed by atoms with Gasteiger partial charge in [-0.3, -0.25) is 29.0 Å². The van der Waals surface area contributed by atoms with Gasteiger partial charge in [0.1, 0.15) is 24.2 Å². The molecule has 2 bridgehead atoms. The molecular weight excluding hydrogens is 749 g/mol. The van der Waals surface area contributed by atoms with Crippen LogP contribution in [0.15, 0.2) is 101 Å². The topological polar surface area (TPSA) is 247 Å². The number of carbonyl (C=O) groups excluding carboxylic acids is 5. The molecule has 3 aromatic carbocycles. The van der Waals surface area contributed by atoms with Crippen LogP contribution >= 0.6 is 11.3 Å². The number of nitrogens with two attached hydrogens (primary N) is 2. The van der Waals surface area contributed by atoms with Gasteiger partial charge >= 0.3 is 5.97 Å². The van der Waals surface area contributed by atoms with Crippen molar-refractivity contribution in [2.24, 2.45) is 16.5 Å². The van der Waals surface area contributed by atoms with Gasteiger partial charge in [-0.15, -0.1) is 11.3 Å². The number of hydrogen-bond acceptors (Lipinski definition) is 8. The molecule has 5 amide bonds. The second kappa shape index (κ2) is 20.4. The number of rotatable bonds is 10. The molecule has 1 aromatic heterocycles. The number of thiophene rings is 1. The molecule has 15 nitrogen and oxygen atoms in total. The predicted octanol–water partition coefficient (Wildman–Crippen LogP) is 2.25. The van der Waals surface area contributed by atoms with Gasteiger partial charge in [-0.25, -0.2) is 4.79 Å². The average molecular weight is 795 g/mol. The molecule has 2 aliphatic heterocycles. The molecule has 0 fully saturated rings. The Hall–Kier alpha value is -6.55. The van der Waals surface area contributed by atoms with E-state index in [9.17, 15) is 33.9 Å². The number of nitrogens with one attached hydrogen (secondary N) is 5. The quantitative estimate of drug-likeness (QED) is 0.0507. The molecule has 4 atom stereocenters. The van der Waals surface area contributed by atoms with E-state index in [2.05, 4.69) is 31.6 Å². The third kappa shape index (κ3) is 13.0. The Bertz CT molecular complexity index is 2040. The fourth-order valence-electron chi connectivity index (χ4n) is 6.21. The zero-order valence-electron chi connectivity index (χ0n) is 31.1. The summed E-state index contributed by atoms with van der Waals surface area (Å²) in [7, 11) is 0. The molecule has 0 aliphatic carbocycles. The molecule has 0 radical (unpaired) electrons. The molecule has 3 heterocycles. The highest BCUT2D eigenvalue weighted by atomic mass is 32.1. The van der Waals surface area contributed by atoms with Gasteiger partial charge in [0.15, 0.2) is 5.96 Å². The number of fused-ring (bicyclic) bond motifs is 18. The normalized spacial score (nSPS) is 19.8. The minimum atomic E-state index is -1.38. The van der Waals surface area contributed by atoms with Gasteiger partial charge in [0.05, 0.1) is 0 Å². The molecule has 298 valence electrons. The van der Waals surface area contributed by atoms with E-state index < -0.39 is 59.7 Å². The monoisotopic (exact) mass is 794 g/mol. The Kier molecular flexibility index (Phi) is 14.9. The number of guanidine groups is 1. The van der Waals surface area contributed by atoms with Crippen LogP contribution in [0.1, 0.15) is 41.7 Å². The van der Waals surface area contributed by atoms with Crippen molar-refractivity contribution in [1.29, 1.82) is 0 Å². The fraction of sp³-hybridized carbons (Fsp3) is 0.293. The summed E-state index contributed by atoms with van der Waals surface area (Å²) in [5.41, 5.74) is 14.6.